The van der Waals surface area contributed by atoms with E-state index < -0.39 is 6.10 Å². The van der Waals surface area contributed by atoms with E-state index in [4.69, 9.17) is 14.2 Å². The van der Waals surface area contributed by atoms with Crippen LogP contribution < -0.4 is 9.47 Å². The molecule has 2 aliphatic rings. The molecule has 2 heterocycles. The van der Waals surface area contributed by atoms with E-state index in [1.807, 2.05) is 12.1 Å². The Labute approximate surface area is 133 Å². The van der Waals surface area contributed by atoms with Crippen LogP contribution in [0.5, 0.6) is 11.5 Å². The minimum atomic E-state index is -0.471. The monoisotopic (exact) mass is 356 g/mol. The van der Waals surface area contributed by atoms with E-state index in [9.17, 15) is 5.11 Å². The van der Waals surface area contributed by atoms with E-state index >= 15 is 0 Å². The molecule has 1 aromatic carbocycles. The van der Waals surface area contributed by atoms with Gasteiger partial charge < -0.3 is 19.3 Å². The topological polar surface area (TPSA) is 47.9 Å². The zero-order chi connectivity index (χ0) is 14.7. The van der Waals surface area contributed by atoms with Crippen LogP contribution in [0.15, 0.2) is 16.6 Å². The van der Waals surface area contributed by atoms with Crippen molar-refractivity contribution in [2.75, 3.05) is 26.4 Å². The van der Waals surface area contributed by atoms with E-state index in [1.54, 1.807) is 0 Å². The number of ether oxygens (including phenoxy) is 3. The SMILES string of the molecule is OC(CC1CCOCC1)c1cc(Br)c2c(c1)OCCCO2. The Morgan fingerprint density at radius 3 is 2.71 bits per heavy atom. The van der Waals surface area contributed by atoms with Crippen molar-refractivity contribution in [2.45, 2.75) is 31.8 Å². The van der Waals surface area contributed by atoms with Gasteiger partial charge in [0.1, 0.15) is 0 Å². The van der Waals surface area contributed by atoms with E-state index in [1.165, 1.54) is 0 Å². The Balaban J connectivity index is 1.75. The first kappa shape index (κ1) is 15.1. The largest absolute Gasteiger partial charge is 0.490 e. The first-order valence-electron chi connectivity index (χ1n) is 7.59. The van der Waals surface area contributed by atoms with E-state index in [0.717, 1.165) is 60.4 Å². The molecule has 3 rings (SSSR count). The number of hydrogen-bond donors (Lipinski definition) is 1. The summed E-state index contributed by atoms with van der Waals surface area (Å²) in [4.78, 5) is 0. The standard InChI is InChI=1S/C16H21BrO4/c17-13-9-12(10-15-16(13)21-5-1-4-20-15)14(18)8-11-2-6-19-7-3-11/h9-11,14,18H,1-8H2. The third kappa shape index (κ3) is 3.71. The fourth-order valence-electron chi connectivity index (χ4n) is 2.88. The molecule has 4 nitrogen and oxygen atoms in total. The van der Waals surface area contributed by atoms with Crippen molar-refractivity contribution in [3.8, 4) is 11.5 Å². The summed E-state index contributed by atoms with van der Waals surface area (Å²) in [6, 6.07) is 3.85. The summed E-state index contributed by atoms with van der Waals surface area (Å²) >= 11 is 3.52. The molecular formula is C16H21BrO4. The molecule has 1 N–H and O–H groups in total. The Morgan fingerprint density at radius 1 is 1.14 bits per heavy atom. The maximum atomic E-state index is 10.5. The summed E-state index contributed by atoms with van der Waals surface area (Å²) in [5.74, 6) is 2.00. The van der Waals surface area contributed by atoms with Gasteiger partial charge in [-0.2, -0.15) is 0 Å². The van der Waals surface area contributed by atoms with Crippen LogP contribution in [-0.4, -0.2) is 31.5 Å². The highest BCUT2D eigenvalue weighted by Gasteiger charge is 2.22. The van der Waals surface area contributed by atoms with Crippen LogP contribution in [-0.2, 0) is 4.74 Å². The highest BCUT2D eigenvalue weighted by molar-refractivity contribution is 9.10. The number of aliphatic hydroxyl groups is 1. The molecule has 116 valence electrons. The molecule has 1 aromatic rings. The Morgan fingerprint density at radius 2 is 1.90 bits per heavy atom. The number of benzene rings is 1. The average Bonchev–Trinajstić information content (AvgIpc) is 2.74. The second-order valence-corrected chi connectivity index (χ2v) is 6.54. The highest BCUT2D eigenvalue weighted by Crippen LogP contribution is 2.40. The lowest BCUT2D eigenvalue weighted by Crippen LogP contribution is -2.18. The molecule has 0 amide bonds. The second kappa shape index (κ2) is 6.99. The van der Waals surface area contributed by atoms with Gasteiger partial charge in [-0.3, -0.25) is 0 Å². The van der Waals surface area contributed by atoms with Gasteiger partial charge in [0.2, 0.25) is 0 Å². The van der Waals surface area contributed by atoms with Crippen molar-refractivity contribution >= 4 is 15.9 Å². The molecule has 5 heteroatoms. The molecule has 0 aliphatic carbocycles. The van der Waals surface area contributed by atoms with Gasteiger partial charge in [-0.1, -0.05) is 0 Å². The Hall–Kier alpha value is -0.780. The number of rotatable bonds is 3. The zero-order valence-corrected chi connectivity index (χ0v) is 13.6. The van der Waals surface area contributed by atoms with Crippen LogP contribution in [0.4, 0.5) is 0 Å². The molecule has 1 atom stereocenters. The molecule has 0 bridgehead atoms. The summed E-state index contributed by atoms with van der Waals surface area (Å²) in [7, 11) is 0. The van der Waals surface area contributed by atoms with Crippen molar-refractivity contribution in [1.82, 2.24) is 0 Å². The Bertz CT molecular complexity index is 485. The maximum Gasteiger partial charge on any atom is 0.175 e. The van der Waals surface area contributed by atoms with E-state index in [2.05, 4.69) is 15.9 Å². The minimum Gasteiger partial charge on any atom is -0.490 e. The van der Waals surface area contributed by atoms with Crippen molar-refractivity contribution < 1.29 is 19.3 Å². The van der Waals surface area contributed by atoms with Crippen LogP contribution in [0.3, 0.4) is 0 Å². The molecule has 0 radical (unpaired) electrons. The Kier molecular flexibility index (Phi) is 5.03. The summed E-state index contributed by atoms with van der Waals surface area (Å²) in [6.07, 6.45) is 3.24. The summed E-state index contributed by atoms with van der Waals surface area (Å²) in [6.45, 7) is 2.93. The van der Waals surface area contributed by atoms with Gasteiger partial charge in [-0.25, -0.2) is 0 Å². The lowest BCUT2D eigenvalue weighted by molar-refractivity contribution is 0.0434. The van der Waals surface area contributed by atoms with Crippen LogP contribution >= 0.6 is 15.9 Å². The van der Waals surface area contributed by atoms with Crippen molar-refractivity contribution in [2.24, 2.45) is 5.92 Å². The normalized spacial score (nSPS) is 20.9. The molecular weight excluding hydrogens is 336 g/mol. The van der Waals surface area contributed by atoms with Crippen LogP contribution in [0.25, 0.3) is 0 Å². The quantitative estimate of drug-likeness (QED) is 0.900. The number of fused-ring (bicyclic) bond motifs is 1. The van der Waals surface area contributed by atoms with Gasteiger partial charge >= 0.3 is 0 Å². The van der Waals surface area contributed by atoms with Gasteiger partial charge in [0, 0.05) is 19.6 Å². The van der Waals surface area contributed by atoms with E-state index in [0.29, 0.717) is 19.1 Å². The predicted molar refractivity (Wildman–Crippen MR) is 82.9 cm³/mol. The smallest absolute Gasteiger partial charge is 0.175 e. The maximum absolute atomic E-state index is 10.5. The van der Waals surface area contributed by atoms with Gasteiger partial charge in [-0.05, 0) is 58.8 Å². The summed E-state index contributed by atoms with van der Waals surface area (Å²) in [5.41, 5.74) is 0.887. The highest BCUT2D eigenvalue weighted by atomic mass is 79.9. The van der Waals surface area contributed by atoms with Crippen molar-refractivity contribution in [3.63, 3.8) is 0 Å². The van der Waals surface area contributed by atoms with Gasteiger partial charge in [-0.15, -0.1) is 0 Å². The average molecular weight is 357 g/mol. The molecule has 21 heavy (non-hydrogen) atoms. The molecule has 0 saturated carbocycles. The van der Waals surface area contributed by atoms with Crippen LogP contribution in [0.2, 0.25) is 0 Å². The van der Waals surface area contributed by atoms with Crippen LogP contribution in [0, 0.1) is 5.92 Å². The predicted octanol–water partition coefficient (Wildman–Crippen LogP) is 3.46. The van der Waals surface area contributed by atoms with Crippen molar-refractivity contribution in [3.05, 3.63) is 22.2 Å². The fourth-order valence-corrected chi connectivity index (χ4v) is 3.45. The minimum absolute atomic E-state index is 0.471. The van der Waals surface area contributed by atoms with Crippen molar-refractivity contribution in [1.29, 1.82) is 0 Å². The molecule has 1 fully saturated rings. The summed E-state index contributed by atoms with van der Waals surface area (Å²) < 4.78 is 17.6. The zero-order valence-electron chi connectivity index (χ0n) is 12.0. The molecule has 0 spiro atoms. The van der Waals surface area contributed by atoms with Gasteiger partial charge in [0.15, 0.2) is 11.5 Å². The molecule has 1 saturated heterocycles. The molecule has 0 aromatic heterocycles. The number of hydrogen-bond acceptors (Lipinski definition) is 4. The third-order valence-corrected chi connectivity index (χ3v) is 4.70. The lowest BCUT2D eigenvalue weighted by atomic mass is 9.91. The first-order valence-corrected chi connectivity index (χ1v) is 8.38. The van der Waals surface area contributed by atoms with E-state index in [-0.39, 0.29) is 0 Å². The van der Waals surface area contributed by atoms with Crippen LogP contribution in [0.1, 0.15) is 37.4 Å². The second-order valence-electron chi connectivity index (χ2n) is 5.69. The van der Waals surface area contributed by atoms with Gasteiger partial charge in [0.05, 0.1) is 23.8 Å². The van der Waals surface area contributed by atoms with Gasteiger partial charge in [0.25, 0.3) is 0 Å². The molecule has 2 aliphatic heterocycles. The summed E-state index contributed by atoms with van der Waals surface area (Å²) in [5, 5.41) is 10.5. The number of aliphatic hydroxyl groups excluding tert-OH is 1. The number of halogens is 1. The lowest BCUT2D eigenvalue weighted by Gasteiger charge is -2.25. The third-order valence-electron chi connectivity index (χ3n) is 4.11. The molecule has 1 unspecified atom stereocenters. The fraction of sp³-hybridized carbons (Fsp3) is 0.625. The first-order chi connectivity index (χ1) is 10.2.